The monoisotopic (exact) mass is 150 g/mol. The second-order valence-electron chi connectivity index (χ2n) is 1.87. The van der Waals surface area contributed by atoms with Gasteiger partial charge in [-0.15, -0.1) is 0 Å². The lowest BCUT2D eigenvalue weighted by molar-refractivity contribution is 0.194. The van der Waals surface area contributed by atoms with E-state index in [1.165, 1.54) is 0 Å². The molecular weight excluding hydrogens is 136 g/mol. The van der Waals surface area contributed by atoms with Gasteiger partial charge in [-0.1, -0.05) is 49.6 Å². The van der Waals surface area contributed by atoms with Crippen LogP contribution in [0.5, 0.6) is 0 Å². The van der Waals surface area contributed by atoms with Crippen molar-refractivity contribution in [2.45, 2.75) is 0 Å². The SMILES string of the molecule is C=C/C=C/COC/C=C/C=C. The van der Waals surface area contributed by atoms with Gasteiger partial charge in [0, 0.05) is 0 Å². The normalized spacial score (nSPS) is 10.9. The Balaban J connectivity index is 3.14. The van der Waals surface area contributed by atoms with E-state index in [4.69, 9.17) is 4.74 Å². The number of allylic oxidation sites excluding steroid dienone is 4. The molecule has 0 aliphatic rings. The molecule has 0 aliphatic heterocycles. The molecule has 11 heavy (non-hydrogen) atoms. The Kier molecular flexibility index (Phi) is 8.04. The van der Waals surface area contributed by atoms with E-state index in [1.54, 1.807) is 12.2 Å². The summed E-state index contributed by atoms with van der Waals surface area (Å²) in [6.07, 6.45) is 11.0. The topological polar surface area (TPSA) is 9.23 Å². The molecule has 0 bridgehead atoms. The van der Waals surface area contributed by atoms with Gasteiger partial charge in [-0.05, 0) is 0 Å². The molecule has 60 valence electrons. The number of hydrogen-bond acceptors (Lipinski definition) is 1. The Morgan fingerprint density at radius 2 is 1.36 bits per heavy atom. The maximum absolute atomic E-state index is 5.17. The lowest BCUT2D eigenvalue weighted by Gasteiger charge is -1.92. The molecule has 0 radical (unpaired) electrons. The van der Waals surface area contributed by atoms with Crippen molar-refractivity contribution in [2.75, 3.05) is 13.2 Å². The Morgan fingerprint density at radius 1 is 0.909 bits per heavy atom. The van der Waals surface area contributed by atoms with Crippen LogP contribution in [0, 0.1) is 0 Å². The van der Waals surface area contributed by atoms with Gasteiger partial charge in [0.25, 0.3) is 0 Å². The van der Waals surface area contributed by atoms with Gasteiger partial charge in [-0.3, -0.25) is 0 Å². The molecule has 0 N–H and O–H groups in total. The smallest absolute Gasteiger partial charge is 0.0654 e. The van der Waals surface area contributed by atoms with Gasteiger partial charge < -0.3 is 4.74 Å². The van der Waals surface area contributed by atoms with Gasteiger partial charge in [0.05, 0.1) is 13.2 Å². The van der Waals surface area contributed by atoms with Crippen molar-refractivity contribution in [2.24, 2.45) is 0 Å². The summed E-state index contributed by atoms with van der Waals surface area (Å²) in [7, 11) is 0. The van der Waals surface area contributed by atoms with E-state index >= 15 is 0 Å². The van der Waals surface area contributed by atoms with Gasteiger partial charge in [0.2, 0.25) is 0 Å². The molecule has 0 aromatic rings. The predicted molar refractivity (Wildman–Crippen MR) is 49.5 cm³/mol. The van der Waals surface area contributed by atoms with Crippen LogP contribution in [0.3, 0.4) is 0 Å². The number of hydrogen-bond donors (Lipinski definition) is 0. The van der Waals surface area contributed by atoms with Crippen LogP contribution in [0.15, 0.2) is 49.6 Å². The maximum atomic E-state index is 5.17. The van der Waals surface area contributed by atoms with Crippen molar-refractivity contribution in [3.8, 4) is 0 Å². The zero-order chi connectivity index (χ0) is 8.36. The first-order chi connectivity index (χ1) is 5.41. The molecule has 0 spiro atoms. The van der Waals surface area contributed by atoms with Crippen LogP contribution in [0.25, 0.3) is 0 Å². The quantitative estimate of drug-likeness (QED) is 0.417. The zero-order valence-corrected chi connectivity index (χ0v) is 6.70. The molecule has 0 fully saturated rings. The Hall–Kier alpha value is -1.08. The van der Waals surface area contributed by atoms with Crippen molar-refractivity contribution in [1.29, 1.82) is 0 Å². The third kappa shape index (κ3) is 8.92. The molecule has 0 unspecified atom stereocenters. The van der Waals surface area contributed by atoms with Crippen LogP contribution >= 0.6 is 0 Å². The fourth-order valence-corrected chi connectivity index (χ4v) is 0.508. The minimum absolute atomic E-state index is 0.632. The summed E-state index contributed by atoms with van der Waals surface area (Å²) in [6.45, 7) is 8.34. The molecule has 0 aliphatic carbocycles. The summed E-state index contributed by atoms with van der Waals surface area (Å²) >= 11 is 0. The van der Waals surface area contributed by atoms with Crippen LogP contribution in [0.1, 0.15) is 0 Å². The molecule has 0 saturated heterocycles. The van der Waals surface area contributed by atoms with Crippen LogP contribution in [-0.4, -0.2) is 13.2 Å². The van der Waals surface area contributed by atoms with Crippen molar-refractivity contribution in [1.82, 2.24) is 0 Å². The summed E-state index contributed by atoms with van der Waals surface area (Å²) in [5.41, 5.74) is 0. The lowest BCUT2D eigenvalue weighted by atomic mass is 10.5. The standard InChI is InChI=1S/C10H14O/c1-3-5-7-9-11-10-8-6-4-2/h3-8H,1-2,9-10H2/b7-5+,8-6+. The third-order valence-corrected chi connectivity index (χ3v) is 0.972. The fraction of sp³-hybridized carbons (Fsp3) is 0.200. The Labute approximate surface area is 68.4 Å². The van der Waals surface area contributed by atoms with Gasteiger partial charge in [-0.25, -0.2) is 0 Å². The molecule has 0 rings (SSSR count). The largest absolute Gasteiger partial charge is 0.373 e. The van der Waals surface area contributed by atoms with Crippen molar-refractivity contribution < 1.29 is 4.74 Å². The molecule has 0 aromatic heterocycles. The average molecular weight is 150 g/mol. The highest BCUT2D eigenvalue weighted by Gasteiger charge is 1.75. The van der Waals surface area contributed by atoms with E-state index in [2.05, 4.69) is 13.2 Å². The molecule has 0 aromatic carbocycles. The minimum Gasteiger partial charge on any atom is -0.373 e. The van der Waals surface area contributed by atoms with E-state index in [0.29, 0.717) is 13.2 Å². The first-order valence-electron chi connectivity index (χ1n) is 3.54. The van der Waals surface area contributed by atoms with Crippen LogP contribution in [0.2, 0.25) is 0 Å². The summed E-state index contributed by atoms with van der Waals surface area (Å²) in [4.78, 5) is 0. The highest BCUT2D eigenvalue weighted by Crippen LogP contribution is 1.80. The summed E-state index contributed by atoms with van der Waals surface area (Å²) < 4.78 is 5.17. The van der Waals surface area contributed by atoms with Crippen molar-refractivity contribution in [3.05, 3.63) is 49.6 Å². The summed E-state index contributed by atoms with van der Waals surface area (Å²) in [5.74, 6) is 0. The van der Waals surface area contributed by atoms with Gasteiger partial charge in [0.1, 0.15) is 0 Å². The van der Waals surface area contributed by atoms with Gasteiger partial charge in [-0.2, -0.15) is 0 Å². The predicted octanol–water partition coefficient (Wildman–Crippen LogP) is 2.49. The molecule has 0 amide bonds. The van der Waals surface area contributed by atoms with E-state index < -0.39 is 0 Å². The minimum atomic E-state index is 0.632. The lowest BCUT2D eigenvalue weighted by Crippen LogP contribution is -1.89. The molecule has 0 heterocycles. The zero-order valence-electron chi connectivity index (χ0n) is 6.70. The Morgan fingerprint density at radius 3 is 1.73 bits per heavy atom. The highest BCUT2D eigenvalue weighted by atomic mass is 16.5. The van der Waals surface area contributed by atoms with Crippen LogP contribution < -0.4 is 0 Å². The first kappa shape index (κ1) is 9.92. The van der Waals surface area contributed by atoms with Crippen LogP contribution in [-0.2, 0) is 4.74 Å². The van der Waals surface area contributed by atoms with E-state index in [-0.39, 0.29) is 0 Å². The summed E-state index contributed by atoms with van der Waals surface area (Å²) in [6, 6.07) is 0. The highest BCUT2D eigenvalue weighted by molar-refractivity contribution is 4.98. The summed E-state index contributed by atoms with van der Waals surface area (Å²) in [5, 5.41) is 0. The van der Waals surface area contributed by atoms with Crippen LogP contribution in [0.4, 0.5) is 0 Å². The maximum Gasteiger partial charge on any atom is 0.0654 e. The van der Waals surface area contributed by atoms with Gasteiger partial charge >= 0.3 is 0 Å². The molecule has 0 atom stereocenters. The number of rotatable bonds is 6. The fourth-order valence-electron chi connectivity index (χ4n) is 0.508. The van der Waals surface area contributed by atoms with E-state index in [0.717, 1.165) is 0 Å². The first-order valence-corrected chi connectivity index (χ1v) is 3.54. The van der Waals surface area contributed by atoms with E-state index in [1.807, 2.05) is 24.3 Å². The average Bonchev–Trinajstić information content (AvgIpc) is 2.03. The third-order valence-electron chi connectivity index (χ3n) is 0.972. The molecule has 1 heteroatoms. The molecular formula is C10H14O. The second-order valence-corrected chi connectivity index (χ2v) is 1.87. The van der Waals surface area contributed by atoms with E-state index in [9.17, 15) is 0 Å². The van der Waals surface area contributed by atoms with Crippen molar-refractivity contribution in [3.63, 3.8) is 0 Å². The molecule has 0 saturated carbocycles. The Bertz CT molecular complexity index is 136. The number of ether oxygens (including phenoxy) is 1. The van der Waals surface area contributed by atoms with Crippen molar-refractivity contribution >= 4 is 0 Å². The van der Waals surface area contributed by atoms with Gasteiger partial charge in [0.15, 0.2) is 0 Å². The molecule has 1 nitrogen and oxygen atoms in total. The second kappa shape index (κ2) is 8.92.